The third kappa shape index (κ3) is 2.45. The Kier molecular flexibility index (Phi) is 3.92. The van der Waals surface area contributed by atoms with Crippen LogP contribution in [0, 0.1) is 5.92 Å². The molecule has 1 aliphatic heterocycles. The van der Waals surface area contributed by atoms with Gasteiger partial charge >= 0.3 is 5.97 Å². The zero-order valence-corrected chi connectivity index (χ0v) is 11.7. The van der Waals surface area contributed by atoms with E-state index in [4.69, 9.17) is 4.74 Å². The molecular weight excluding hydrogens is 260 g/mol. The van der Waals surface area contributed by atoms with Crippen molar-refractivity contribution in [3.63, 3.8) is 0 Å². The van der Waals surface area contributed by atoms with Gasteiger partial charge in [0.1, 0.15) is 0 Å². The number of nitrogens with zero attached hydrogens (tertiary/aromatic N) is 2. The van der Waals surface area contributed by atoms with Gasteiger partial charge in [-0.15, -0.1) is 0 Å². The molecule has 1 N–H and O–H groups in total. The highest BCUT2D eigenvalue weighted by atomic mass is 16.5. The van der Waals surface area contributed by atoms with E-state index in [0.717, 1.165) is 5.56 Å². The van der Waals surface area contributed by atoms with Crippen molar-refractivity contribution >= 4 is 11.9 Å². The Balaban J connectivity index is 2.40. The second kappa shape index (κ2) is 5.48. The minimum absolute atomic E-state index is 0.0320. The van der Waals surface area contributed by atoms with Crippen LogP contribution in [0.2, 0.25) is 0 Å². The maximum absolute atomic E-state index is 12.1. The van der Waals surface area contributed by atoms with E-state index in [1.165, 1.54) is 7.11 Å². The number of rotatable bonds is 4. The minimum Gasteiger partial charge on any atom is -0.481 e. The van der Waals surface area contributed by atoms with Gasteiger partial charge in [0.15, 0.2) is 0 Å². The molecule has 0 aromatic carbocycles. The maximum Gasteiger partial charge on any atom is 0.309 e. The number of likely N-dealkylation sites (tertiary alicyclic amines) is 1. The number of carboxylic acids is 1. The topological polar surface area (TPSA) is 79.7 Å². The van der Waals surface area contributed by atoms with Gasteiger partial charge in [0.25, 0.3) is 0 Å². The van der Waals surface area contributed by atoms with Gasteiger partial charge in [-0.1, -0.05) is 6.07 Å². The summed E-state index contributed by atoms with van der Waals surface area (Å²) in [4.78, 5) is 29.2. The third-order valence-electron chi connectivity index (χ3n) is 3.55. The molecule has 0 spiro atoms. The lowest BCUT2D eigenvalue weighted by atomic mass is 9.94. The molecule has 2 atom stereocenters. The van der Waals surface area contributed by atoms with E-state index in [1.54, 1.807) is 23.2 Å². The first-order valence-corrected chi connectivity index (χ1v) is 6.49. The van der Waals surface area contributed by atoms with Gasteiger partial charge in [-0.25, -0.2) is 4.98 Å². The highest BCUT2D eigenvalue weighted by Crippen LogP contribution is 2.39. The van der Waals surface area contributed by atoms with Crippen molar-refractivity contribution in [2.45, 2.75) is 32.4 Å². The molecule has 108 valence electrons. The van der Waals surface area contributed by atoms with Crippen molar-refractivity contribution in [2.24, 2.45) is 5.92 Å². The summed E-state index contributed by atoms with van der Waals surface area (Å²) >= 11 is 0. The summed E-state index contributed by atoms with van der Waals surface area (Å²) in [6, 6.07) is 2.91. The summed E-state index contributed by atoms with van der Waals surface area (Å²) in [5.74, 6) is -1.36. The molecule has 20 heavy (non-hydrogen) atoms. The smallest absolute Gasteiger partial charge is 0.309 e. The summed E-state index contributed by atoms with van der Waals surface area (Å²) in [7, 11) is 1.52. The van der Waals surface area contributed by atoms with Crippen LogP contribution in [0.15, 0.2) is 18.3 Å². The highest BCUT2D eigenvalue weighted by Gasteiger charge is 2.45. The Morgan fingerprint density at radius 3 is 2.65 bits per heavy atom. The number of methoxy groups -OCH3 is 1. The van der Waals surface area contributed by atoms with Gasteiger partial charge < -0.3 is 14.7 Å². The Morgan fingerprint density at radius 2 is 2.20 bits per heavy atom. The monoisotopic (exact) mass is 278 g/mol. The number of pyridine rings is 1. The van der Waals surface area contributed by atoms with Gasteiger partial charge in [0.05, 0.1) is 19.1 Å². The molecule has 1 aromatic heterocycles. The summed E-state index contributed by atoms with van der Waals surface area (Å²) in [6.45, 7) is 3.76. The lowest BCUT2D eigenvalue weighted by molar-refractivity contribution is -0.142. The molecule has 6 nitrogen and oxygen atoms in total. The van der Waals surface area contributed by atoms with Crippen LogP contribution in [-0.4, -0.2) is 40.0 Å². The van der Waals surface area contributed by atoms with Crippen LogP contribution in [0.4, 0.5) is 0 Å². The number of carboxylic acid groups (broad SMARTS) is 1. The number of aliphatic carboxylic acids is 1. The molecule has 1 amide bonds. The van der Waals surface area contributed by atoms with Crippen LogP contribution in [0.25, 0.3) is 0 Å². The summed E-state index contributed by atoms with van der Waals surface area (Å²) in [5, 5.41) is 9.34. The van der Waals surface area contributed by atoms with E-state index in [-0.39, 0.29) is 18.4 Å². The Hall–Kier alpha value is -2.11. The fraction of sp³-hybridized carbons (Fsp3) is 0.500. The highest BCUT2D eigenvalue weighted by molar-refractivity contribution is 5.87. The number of carbonyl (C=O) groups excluding carboxylic acids is 1. The largest absolute Gasteiger partial charge is 0.481 e. The lowest BCUT2D eigenvalue weighted by Gasteiger charge is -2.30. The molecule has 0 saturated carbocycles. The van der Waals surface area contributed by atoms with Crippen molar-refractivity contribution in [1.82, 2.24) is 9.88 Å². The molecule has 0 bridgehead atoms. The number of ether oxygens (including phenoxy) is 1. The number of amides is 1. The van der Waals surface area contributed by atoms with Crippen molar-refractivity contribution in [3.05, 3.63) is 23.9 Å². The Labute approximate surface area is 117 Å². The predicted octanol–water partition coefficient (Wildman–Crippen LogP) is 1.47. The average Bonchev–Trinajstić information content (AvgIpc) is 2.76. The zero-order valence-electron chi connectivity index (χ0n) is 11.7. The average molecular weight is 278 g/mol. The van der Waals surface area contributed by atoms with E-state index in [2.05, 4.69) is 4.98 Å². The first-order chi connectivity index (χ1) is 9.45. The molecule has 1 fully saturated rings. The van der Waals surface area contributed by atoms with Gasteiger partial charge in [0, 0.05) is 24.7 Å². The summed E-state index contributed by atoms with van der Waals surface area (Å²) in [6.07, 6.45) is 1.61. The van der Waals surface area contributed by atoms with Crippen molar-refractivity contribution in [2.75, 3.05) is 7.11 Å². The predicted molar refractivity (Wildman–Crippen MR) is 71.3 cm³/mol. The fourth-order valence-corrected chi connectivity index (χ4v) is 2.67. The molecule has 0 radical (unpaired) electrons. The van der Waals surface area contributed by atoms with Gasteiger partial charge in [0.2, 0.25) is 11.8 Å². The molecule has 6 heteroatoms. The van der Waals surface area contributed by atoms with E-state index in [1.807, 2.05) is 13.8 Å². The van der Waals surface area contributed by atoms with Gasteiger partial charge in [-0.3, -0.25) is 9.59 Å². The Morgan fingerprint density at radius 1 is 1.50 bits per heavy atom. The molecule has 1 saturated heterocycles. The maximum atomic E-state index is 12.1. The lowest BCUT2D eigenvalue weighted by Crippen LogP contribution is -2.36. The molecule has 2 unspecified atom stereocenters. The van der Waals surface area contributed by atoms with Crippen LogP contribution in [0.5, 0.6) is 5.88 Å². The van der Waals surface area contributed by atoms with E-state index >= 15 is 0 Å². The van der Waals surface area contributed by atoms with Crippen LogP contribution >= 0.6 is 0 Å². The first-order valence-electron chi connectivity index (χ1n) is 6.49. The molecular formula is C14H18N2O4. The molecule has 2 rings (SSSR count). The van der Waals surface area contributed by atoms with Crippen LogP contribution in [0.3, 0.4) is 0 Å². The van der Waals surface area contributed by atoms with Crippen LogP contribution in [-0.2, 0) is 9.59 Å². The van der Waals surface area contributed by atoms with Gasteiger partial charge in [-0.05, 0) is 19.4 Å². The Bertz CT molecular complexity index is 512. The van der Waals surface area contributed by atoms with Crippen molar-refractivity contribution in [3.8, 4) is 5.88 Å². The number of hydrogen-bond acceptors (Lipinski definition) is 4. The fourth-order valence-electron chi connectivity index (χ4n) is 2.67. The number of aromatic nitrogens is 1. The minimum atomic E-state index is -0.956. The molecule has 0 aliphatic carbocycles. The summed E-state index contributed by atoms with van der Waals surface area (Å²) in [5.41, 5.74) is 0.720. The number of carbonyl (C=O) groups is 2. The van der Waals surface area contributed by atoms with Gasteiger partial charge in [-0.2, -0.15) is 0 Å². The van der Waals surface area contributed by atoms with Crippen LogP contribution in [0.1, 0.15) is 31.9 Å². The SMILES string of the molecule is COc1ccc(C2C(C(=O)O)CC(=O)N2C(C)C)cn1. The van der Waals surface area contributed by atoms with E-state index < -0.39 is 17.9 Å². The molecule has 1 aliphatic rings. The second-order valence-electron chi connectivity index (χ2n) is 5.12. The standard InChI is InChI=1S/C14H18N2O4/c1-8(2)16-12(17)6-10(14(18)19)13(16)9-4-5-11(20-3)15-7-9/h4-5,7-8,10,13H,6H2,1-3H3,(H,18,19). The molecule has 2 heterocycles. The van der Waals surface area contributed by atoms with E-state index in [9.17, 15) is 14.7 Å². The van der Waals surface area contributed by atoms with E-state index in [0.29, 0.717) is 5.88 Å². The zero-order chi connectivity index (χ0) is 14.9. The summed E-state index contributed by atoms with van der Waals surface area (Å²) < 4.78 is 4.99. The van der Waals surface area contributed by atoms with Crippen molar-refractivity contribution in [1.29, 1.82) is 0 Å². The first kappa shape index (κ1) is 14.3. The third-order valence-corrected chi connectivity index (χ3v) is 3.55. The van der Waals surface area contributed by atoms with Crippen LogP contribution < -0.4 is 4.74 Å². The quantitative estimate of drug-likeness (QED) is 0.902. The second-order valence-corrected chi connectivity index (χ2v) is 5.12. The molecule has 1 aromatic rings. The normalized spacial score (nSPS) is 22.4. The van der Waals surface area contributed by atoms with Crippen molar-refractivity contribution < 1.29 is 19.4 Å². The number of hydrogen-bond donors (Lipinski definition) is 1.